The van der Waals surface area contributed by atoms with Gasteiger partial charge in [-0.1, -0.05) is 38.3 Å². The van der Waals surface area contributed by atoms with Crippen molar-refractivity contribution in [1.82, 2.24) is 5.32 Å². The maximum Gasteiger partial charge on any atom is 0.123 e. The summed E-state index contributed by atoms with van der Waals surface area (Å²) in [5.41, 5.74) is 1.04. The molecule has 0 heterocycles. The predicted octanol–water partition coefficient (Wildman–Crippen LogP) is 4.30. The molecule has 2 rings (SSSR count). The van der Waals surface area contributed by atoms with Crippen LogP contribution >= 0.6 is 0 Å². The lowest BCUT2D eigenvalue weighted by Crippen LogP contribution is -2.31. The molecule has 3 unspecified atom stereocenters. The van der Waals surface area contributed by atoms with Crippen molar-refractivity contribution in [2.75, 3.05) is 6.54 Å². The van der Waals surface area contributed by atoms with Gasteiger partial charge in [0.05, 0.1) is 0 Å². The van der Waals surface area contributed by atoms with Gasteiger partial charge in [0.1, 0.15) is 5.82 Å². The second-order valence-electron chi connectivity index (χ2n) is 5.71. The fraction of sp³-hybridized carbons (Fsp3) is 0.625. The third-order valence-electron chi connectivity index (χ3n) is 4.32. The van der Waals surface area contributed by atoms with Gasteiger partial charge in [-0.05, 0) is 49.4 Å². The highest BCUT2D eigenvalue weighted by Crippen LogP contribution is 2.29. The minimum absolute atomic E-state index is 0.146. The largest absolute Gasteiger partial charge is 0.310 e. The Morgan fingerprint density at radius 3 is 2.83 bits per heavy atom. The third kappa shape index (κ3) is 3.55. The first-order valence-corrected chi connectivity index (χ1v) is 7.15. The third-order valence-corrected chi connectivity index (χ3v) is 4.32. The van der Waals surface area contributed by atoms with Gasteiger partial charge in [-0.2, -0.15) is 0 Å². The van der Waals surface area contributed by atoms with Crippen LogP contribution in [0.5, 0.6) is 0 Å². The summed E-state index contributed by atoms with van der Waals surface area (Å²) >= 11 is 0. The Labute approximate surface area is 110 Å². The van der Waals surface area contributed by atoms with E-state index in [1.54, 1.807) is 12.1 Å². The molecule has 1 aromatic carbocycles. The second kappa shape index (κ2) is 6.33. The molecule has 0 bridgehead atoms. The first-order valence-electron chi connectivity index (χ1n) is 7.15. The van der Waals surface area contributed by atoms with Crippen molar-refractivity contribution in [3.63, 3.8) is 0 Å². The summed E-state index contributed by atoms with van der Waals surface area (Å²) in [6, 6.07) is 7.13. The number of benzene rings is 1. The maximum absolute atomic E-state index is 13.2. The smallest absolute Gasteiger partial charge is 0.123 e. The Balaban J connectivity index is 1.86. The molecule has 1 fully saturated rings. The summed E-state index contributed by atoms with van der Waals surface area (Å²) in [5, 5.41) is 3.56. The Bertz CT molecular complexity index is 377. The lowest BCUT2D eigenvalue weighted by Gasteiger charge is -2.30. The normalized spacial score (nSPS) is 25.9. The summed E-state index contributed by atoms with van der Waals surface area (Å²) in [7, 11) is 0. The molecule has 100 valence electrons. The zero-order valence-corrected chi connectivity index (χ0v) is 11.5. The van der Waals surface area contributed by atoms with Crippen LogP contribution in [0.3, 0.4) is 0 Å². The Morgan fingerprint density at radius 2 is 2.11 bits per heavy atom. The van der Waals surface area contributed by atoms with Crippen molar-refractivity contribution >= 4 is 0 Å². The molecule has 3 atom stereocenters. The summed E-state index contributed by atoms with van der Waals surface area (Å²) in [6.07, 6.45) is 5.45. The van der Waals surface area contributed by atoms with E-state index in [4.69, 9.17) is 0 Å². The first-order chi connectivity index (χ1) is 8.66. The molecule has 0 saturated heterocycles. The van der Waals surface area contributed by atoms with Crippen LogP contribution in [0, 0.1) is 17.7 Å². The van der Waals surface area contributed by atoms with Crippen molar-refractivity contribution in [3.05, 3.63) is 35.6 Å². The minimum Gasteiger partial charge on any atom is -0.310 e. The predicted molar refractivity (Wildman–Crippen MR) is 73.9 cm³/mol. The Morgan fingerprint density at radius 1 is 1.33 bits per heavy atom. The molecule has 0 spiro atoms. The molecule has 2 heteroatoms. The summed E-state index contributed by atoms with van der Waals surface area (Å²) < 4.78 is 13.2. The van der Waals surface area contributed by atoms with Gasteiger partial charge >= 0.3 is 0 Å². The highest BCUT2D eigenvalue weighted by molar-refractivity contribution is 5.19. The van der Waals surface area contributed by atoms with Crippen molar-refractivity contribution in [1.29, 1.82) is 0 Å². The molecule has 0 aliphatic heterocycles. The van der Waals surface area contributed by atoms with Crippen LogP contribution in [0.25, 0.3) is 0 Å². The van der Waals surface area contributed by atoms with E-state index in [1.165, 1.54) is 31.7 Å². The molecule has 1 aromatic rings. The summed E-state index contributed by atoms with van der Waals surface area (Å²) in [6.45, 7) is 5.53. The molecule has 18 heavy (non-hydrogen) atoms. The maximum atomic E-state index is 13.2. The van der Waals surface area contributed by atoms with Crippen molar-refractivity contribution in [2.45, 2.75) is 45.6 Å². The Hall–Kier alpha value is -0.890. The number of hydrogen-bond acceptors (Lipinski definition) is 1. The average Bonchev–Trinajstić information content (AvgIpc) is 2.37. The van der Waals surface area contributed by atoms with Gasteiger partial charge in [0, 0.05) is 6.04 Å². The van der Waals surface area contributed by atoms with Gasteiger partial charge in [-0.15, -0.1) is 0 Å². The molecule has 0 aromatic heterocycles. The minimum atomic E-state index is -0.146. The highest BCUT2D eigenvalue weighted by atomic mass is 19.1. The van der Waals surface area contributed by atoms with E-state index in [9.17, 15) is 4.39 Å². The molecule has 1 N–H and O–H groups in total. The van der Waals surface area contributed by atoms with Crippen LogP contribution in [0.4, 0.5) is 4.39 Å². The highest BCUT2D eigenvalue weighted by Gasteiger charge is 2.21. The van der Waals surface area contributed by atoms with Gasteiger partial charge < -0.3 is 5.32 Å². The van der Waals surface area contributed by atoms with Gasteiger partial charge in [0.25, 0.3) is 0 Å². The second-order valence-corrected chi connectivity index (χ2v) is 5.71. The topological polar surface area (TPSA) is 12.0 Å². The van der Waals surface area contributed by atoms with Gasteiger partial charge in [-0.25, -0.2) is 4.39 Å². The van der Waals surface area contributed by atoms with Crippen LogP contribution in [0.15, 0.2) is 24.3 Å². The molecule has 1 saturated carbocycles. The number of rotatable bonds is 4. The molecule has 1 nitrogen and oxygen atoms in total. The van der Waals surface area contributed by atoms with Gasteiger partial charge in [-0.3, -0.25) is 0 Å². The van der Waals surface area contributed by atoms with Gasteiger partial charge in [0.2, 0.25) is 0 Å². The van der Waals surface area contributed by atoms with E-state index in [2.05, 4.69) is 19.2 Å². The van der Waals surface area contributed by atoms with Crippen molar-refractivity contribution < 1.29 is 4.39 Å². The summed E-state index contributed by atoms with van der Waals surface area (Å²) in [4.78, 5) is 0. The van der Waals surface area contributed by atoms with Crippen molar-refractivity contribution in [2.24, 2.45) is 11.8 Å². The van der Waals surface area contributed by atoms with Crippen LogP contribution in [0.2, 0.25) is 0 Å². The fourth-order valence-corrected chi connectivity index (χ4v) is 2.92. The fourth-order valence-electron chi connectivity index (χ4n) is 2.92. The lowest BCUT2D eigenvalue weighted by molar-refractivity contribution is 0.242. The molecule has 1 aliphatic carbocycles. The number of hydrogen-bond donors (Lipinski definition) is 1. The zero-order chi connectivity index (χ0) is 13.0. The number of nitrogens with one attached hydrogen (secondary N) is 1. The standard InChI is InChI=1S/C16H24FN/c1-12-6-3-4-7-15(12)11-18-13(2)14-8-5-9-16(17)10-14/h5,8-10,12-13,15,18H,3-4,6-7,11H2,1-2H3. The molecular formula is C16H24FN. The van der Waals surface area contributed by atoms with Crippen molar-refractivity contribution in [3.8, 4) is 0 Å². The van der Waals surface area contributed by atoms with Gasteiger partial charge in [0.15, 0.2) is 0 Å². The molecule has 0 amide bonds. The molecular weight excluding hydrogens is 225 g/mol. The monoisotopic (exact) mass is 249 g/mol. The first kappa shape index (κ1) is 13.5. The zero-order valence-electron chi connectivity index (χ0n) is 11.5. The molecule has 0 radical (unpaired) electrons. The summed E-state index contributed by atoms with van der Waals surface area (Å²) in [5.74, 6) is 1.47. The Kier molecular flexibility index (Phi) is 4.76. The van der Waals surface area contributed by atoms with Crippen LogP contribution in [0.1, 0.15) is 51.1 Å². The van der Waals surface area contributed by atoms with Crippen LogP contribution in [-0.2, 0) is 0 Å². The average molecular weight is 249 g/mol. The van der Waals surface area contributed by atoms with Crippen LogP contribution in [-0.4, -0.2) is 6.54 Å². The lowest BCUT2D eigenvalue weighted by atomic mass is 9.80. The molecule has 1 aliphatic rings. The van der Waals surface area contributed by atoms with E-state index in [1.807, 2.05) is 6.07 Å². The van der Waals surface area contributed by atoms with E-state index in [0.717, 1.165) is 23.9 Å². The van der Waals surface area contributed by atoms with E-state index in [-0.39, 0.29) is 11.9 Å². The van der Waals surface area contributed by atoms with Crippen LogP contribution < -0.4 is 5.32 Å². The van der Waals surface area contributed by atoms with E-state index < -0.39 is 0 Å². The quantitative estimate of drug-likeness (QED) is 0.838. The SMILES string of the molecule is CC(NCC1CCCCC1C)c1cccc(F)c1. The number of halogens is 1. The van der Waals surface area contributed by atoms with E-state index >= 15 is 0 Å². The van der Waals surface area contributed by atoms with E-state index in [0.29, 0.717) is 0 Å².